The Labute approximate surface area is 126 Å². The highest BCUT2D eigenvalue weighted by molar-refractivity contribution is 5.95. The number of furan rings is 1. The van der Waals surface area contributed by atoms with Gasteiger partial charge in [-0.05, 0) is 37.1 Å². The molecular formula is C16H15F2NO3. The summed E-state index contributed by atoms with van der Waals surface area (Å²) in [4.78, 5) is 14.1. The molecule has 116 valence electrons. The van der Waals surface area contributed by atoms with Gasteiger partial charge in [0.2, 0.25) is 0 Å². The Morgan fingerprint density at radius 3 is 2.73 bits per heavy atom. The quantitative estimate of drug-likeness (QED) is 0.928. The molecule has 0 saturated carbocycles. The van der Waals surface area contributed by atoms with Gasteiger partial charge in [0.15, 0.2) is 11.6 Å². The van der Waals surface area contributed by atoms with Gasteiger partial charge >= 0.3 is 0 Å². The van der Waals surface area contributed by atoms with Crippen molar-refractivity contribution in [3.05, 3.63) is 59.1 Å². The lowest BCUT2D eigenvalue weighted by molar-refractivity contribution is 0.0713. The Hall–Kier alpha value is -2.21. The van der Waals surface area contributed by atoms with Gasteiger partial charge in [0, 0.05) is 6.54 Å². The number of carbonyl (C=O) groups excluding carboxylic acids is 1. The van der Waals surface area contributed by atoms with E-state index in [1.54, 1.807) is 13.0 Å². The maximum Gasteiger partial charge on any atom is 0.257 e. The summed E-state index contributed by atoms with van der Waals surface area (Å²) in [5.74, 6) is -1.72. The number of hydrogen-bond acceptors (Lipinski definition) is 3. The summed E-state index contributed by atoms with van der Waals surface area (Å²) >= 11 is 0. The lowest BCUT2D eigenvalue weighted by Crippen LogP contribution is -2.32. The van der Waals surface area contributed by atoms with E-state index in [1.807, 2.05) is 0 Å². The molecule has 0 spiro atoms. The zero-order chi connectivity index (χ0) is 15.9. The van der Waals surface area contributed by atoms with Gasteiger partial charge < -0.3 is 14.4 Å². The molecule has 3 rings (SSSR count). The van der Waals surface area contributed by atoms with E-state index in [0.29, 0.717) is 16.9 Å². The third kappa shape index (κ3) is 2.50. The summed E-state index contributed by atoms with van der Waals surface area (Å²) in [5.41, 5.74) is 0.867. The smallest absolute Gasteiger partial charge is 0.257 e. The number of aryl methyl sites for hydroxylation is 1. The average Bonchev–Trinajstić information content (AvgIpc) is 3.07. The standard InChI is InChI=1S/C16H15F2NO3/c1-9-12(4-5-22-9)16(21)19-8-11(20)7-15(19)10-2-3-13(17)14(18)6-10/h2-6,11,15,20H,7-8H2,1H3/t11-,15+/m0/s1. The van der Waals surface area contributed by atoms with Crippen LogP contribution in [-0.2, 0) is 0 Å². The first kappa shape index (κ1) is 14.7. The average molecular weight is 307 g/mol. The van der Waals surface area contributed by atoms with Crippen LogP contribution in [0.15, 0.2) is 34.9 Å². The molecule has 1 fully saturated rings. The fraction of sp³-hybridized carbons (Fsp3) is 0.312. The summed E-state index contributed by atoms with van der Waals surface area (Å²) in [5, 5.41) is 9.89. The fourth-order valence-corrected chi connectivity index (χ4v) is 2.84. The summed E-state index contributed by atoms with van der Waals surface area (Å²) in [6.07, 6.45) is 1.00. The number of β-amino-alcohol motifs (C(OH)–C–C–N with tert-alkyl or cyclic N) is 1. The molecule has 22 heavy (non-hydrogen) atoms. The number of carbonyl (C=O) groups is 1. The molecule has 2 atom stereocenters. The van der Waals surface area contributed by atoms with Gasteiger partial charge in [-0.25, -0.2) is 8.78 Å². The van der Waals surface area contributed by atoms with Crippen LogP contribution in [0.4, 0.5) is 8.78 Å². The van der Waals surface area contributed by atoms with E-state index in [1.165, 1.54) is 17.2 Å². The zero-order valence-electron chi connectivity index (χ0n) is 11.9. The molecule has 2 aromatic rings. The molecule has 4 nitrogen and oxygen atoms in total. The number of aliphatic hydroxyl groups excluding tert-OH is 1. The first-order valence-corrected chi connectivity index (χ1v) is 6.95. The fourth-order valence-electron chi connectivity index (χ4n) is 2.84. The van der Waals surface area contributed by atoms with Crippen molar-refractivity contribution in [1.29, 1.82) is 0 Å². The third-order valence-electron chi connectivity index (χ3n) is 3.96. The SMILES string of the molecule is Cc1occc1C(=O)N1C[C@@H](O)C[C@@H]1c1ccc(F)c(F)c1. The Kier molecular flexibility index (Phi) is 3.70. The van der Waals surface area contributed by atoms with E-state index in [9.17, 15) is 18.7 Å². The number of amides is 1. The zero-order valence-corrected chi connectivity index (χ0v) is 11.9. The van der Waals surface area contributed by atoms with Gasteiger partial charge in [0.1, 0.15) is 5.76 Å². The molecule has 6 heteroatoms. The van der Waals surface area contributed by atoms with Crippen LogP contribution in [0.2, 0.25) is 0 Å². The van der Waals surface area contributed by atoms with Gasteiger partial charge in [-0.2, -0.15) is 0 Å². The van der Waals surface area contributed by atoms with E-state index in [2.05, 4.69) is 0 Å². The van der Waals surface area contributed by atoms with E-state index in [-0.39, 0.29) is 18.9 Å². The highest BCUT2D eigenvalue weighted by Gasteiger charge is 2.36. The monoisotopic (exact) mass is 307 g/mol. The highest BCUT2D eigenvalue weighted by atomic mass is 19.2. The van der Waals surface area contributed by atoms with Gasteiger partial charge in [0.25, 0.3) is 5.91 Å². The van der Waals surface area contributed by atoms with Gasteiger partial charge in [-0.1, -0.05) is 6.07 Å². The number of nitrogens with zero attached hydrogens (tertiary/aromatic N) is 1. The van der Waals surface area contributed by atoms with Crippen LogP contribution >= 0.6 is 0 Å². The molecule has 0 bridgehead atoms. The Morgan fingerprint density at radius 1 is 1.32 bits per heavy atom. The van der Waals surface area contributed by atoms with Crippen molar-refractivity contribution in [2.24, 2.45) is 0 Å². The number of aliphatic hydroxyl groups is 1. The Bertz CT molecular complexity index is 713. The molecule has 1 N–H and O–H groups in total. The summed E-state index contributed by atoms with van der Waals surface area (Å²) in [7, 11) is 0. The van der Waals surface area contributed by atoms with Crippen molar-refractivity contribution in [2.75, 3.05) is 6.54 Å². The summed E-state index contributed by atoms with van der Waals surface area (Å²) in [6, 6.07) is 4.60. The minimum atomic E-state index is -0.967. The van der Waals surface area contributed by atoms with Crippen molar-refractivity contribution in [3.8, 4) is 0 Å². The van der Waals surface area contributed by atoms with Crippen molar-refractivity contribution < 1.29 is 23.1 Å². The predicted molar refractivity (Wildman–Crippen MR) is 74.2 cm³/mol. The number of rotatable bonds is 2. The van der Waals surface area contributed by atoms with E-state index < -0.39 is 23.8 Å². The molecule has 1 aliphatic rings. The van der Waals surface area contributed by atoms with Crippen LogP contribution < -0.4 is 0 Å². The number of hydrogen-bond donors (Lipinski definition) is 1. The van der Waals surface area contributed by atoms with Crippen molar-refractivity contribution in [1.82, 2.24) is 4.90 Å². The number of halogens is 2. The van der Waals surface area contributed by atoms with Gasteiger partial charge in [-0.3, -0.25) is 4.79 Å². The van der Waals surface area contributed by atoms with Crippen molar-refractivity contribution in [3.63, 3.8) is 0 Å². The van der Waals surface area contributed by atoms with Gasteiger partial charge in [0.05, 0.1) is 24.0 Å². The molecule has 1 amide bonds. The molecule has 1 saturated heterocycles. The molecule has 1 aliphatic heterocycles. The normalized spacial score (nSPS) is 21.4. The van der Waals surface area contributed by atoms with Crippen LogP contribution in [0.25, 0.3) is 0 Å². The Balaban J connectivity index is 1.94. The highest BCUT2D eigenvalue weighted by Crippen LogP contribution is 2.34. The predicted octanol–water partition coefficient (Wildman–Crippen LogP) is 2.81. The minimum absolute atomic E-state index is 0.146. The molecular weight excluding hydrogens is 292 g/mol. The molecule has 1 aromatic carbocycles. The lowest BCUT2D eigenvalue weighted by Gasteiger charge is -2.24. The second kappa shape index (κ2) is 5.53. The molecule has 2 heterocycles. The first-order chi connectivity index (χ1) is 10.5. The second-order valence-electron chi connectivity index (χ2n) is 5.43. The second-order valence-corrected chi connectivity index (χ2v) is 5.43. The molecule has 0 radical (unpaired) electrons. The van der Waals surface area contributed by atoms with Crippen LogP contribution in [0.3, 0.4) is 0 Å². The van der Waals surface area contributed by atoms with Crippen LogP contribution in [0, 0.1) is 18.6 Å². The third-order valence-corrected chi connectivity index (χ3v) is 3.96. The maximum absolute atomic E-state index is 13.4. The topological polar surface area (TPSA) is 53.7 Å². The lowest BCUT2D eigenvalue weighted by atomic mass is 10.0. The summed E-state index contributed by atoms with van der Waals surface area (Å²) < 4.78 is 31.6. The van der Waals surface area contributed by atoms with Crippen molar-refractivity contribution in [2.45, 2.75) is 25.5 Å². The number of likely N-dealkylation sites (tertiary alicyclic amines) is 1. The molecule has 1 aromatic heterocycles. The molecule has 0 aliphatic carbocycles. The summed E-state index contributed by atoms with van der Waals surface area (Å²) in [6.45, 7) is 1.82. The van der Waals surface area contributed by atoms with E-state index in [4.69, 9.17) is 4.42 Å². The first-order valence-electron chi connectivity index (χ1n) is 6.95. The van der Waals surface area contributed by atoms with Crippen molar-refractivity contribution >= 4 is 5.91 Å². The maximum atomic E-state index is 13.4. The van der Waals surface area contributed by atoms with Crippen LogP contribution in [0.5, 0.6) is 0 Å². The minimum Gasteiger partial charge on any atom is -0.469 e. The van der Waals surface area contributed by atoms with Gasteiger partial charge in [-0.15, -0.1) is 0 Å². The van der Waals surface area contributed by atoms with Crippen LogP contribution in [0.1, 0.15) is 34.1 Å². The molecule has 0 unspecified atom stereocenters. The van der Waals surface area contributed by atoms with Crippen LogP contribution in [-0.4, -0.2) is 28.6 Å². The largest absolute Gasteiger partial charge is 0.469 e. The Morgan fingerprint density at radius 2 is 2.09 bits per heavy atom. The number of benzene rings is 1. The van der Waals surface area contributed by atoms with E-state index in [0.717, 1.165) is 12.1 Å². The van der Waals surface area contributed by atoms with E-state index >= 15 is 0 Å².